The highest BCUT2D eigenvalue weighted by Crippen LogP contribution is 2.22. The van der Waals surface area contributed by atoms with Crippen LogP contribution in [0.4, 0.5) is 5.69 Å². The Kier molecular flexibility index (Phi) is 6.77. The van der Waals surface area contributed by atoms with Crippen molar-refractivity contribution in [2.24, 2.45) is 0 Å². The Morgan fingerprint density at radius 3 is 2.24 bits per heavy atom. The summed E-state index contributed by atoms with van der Waals surface area (Å²) in [6, 6.07) is 23.2. The number of aromatic nitrogens is 1. The topological polar surface area (TPSA) is 31.7 Å². The smallest absolute Gasteiger partial charge is 0.255 e. The molecule has 1 amide bonds. The van der Waals surface area contributed by atoms with Gasteiger partial charge in [-0.15, -0.1) is 0 Å². The van der Waals surface area contributed by atoms with Gasteiger partial charge < -0.3 is 14.4 Å². The first-order valence-corrected chi connectivity index (χ1v) is 12.3. The number of rotatable bonds is 7. The van der Waals surface area contributed by atoms with Gasteiger partial charge in [0.25, 0.3) is 5.91 Å². The van der Waals surface area contributed by atoms with Crippen LogP contribution in [0.1, 0.15) is 34.5 Å². The number of hydrogen-bond donors (Lipinski definition) is 0. The lowest BCUT2D eigenvalue weighted by Crippen LogP contribution is -2.47. The highest BCUT2D eigenvalue weighted by molar-refractivity contribution is 5.95. The maximum atomic E-state index is 13.3. The molecule has 2 aliphatic heterocycles. The van der Waals surface area contributed by atoms with Gasteiger partial charge in [-0.25, -0.2) is 0 Å². The second kappa shape index (κ2) is 10.3. The third-order valence-electron chi connectivity index (χ3n) is 7.03. The fraction of sp³-hybridized carbons (Fsp3) is 0.393. The first-order valence-electron chi connectivity index (χ1n) is 12.3. The second-order valence-corrected chi connectivity index (χ2v) is 9.20. The highest BCUT2D eigenvalue weighted by Gasteiger charge is 2.25. The van der Waals surface area contributed by atoms with Gasteiger partial charge in [-0.1, -0.05) is 48.5 Å². The summed E-state index contributed by atoms with van der Waals surface area (Å²) in [6.07, 6.45) is 5.13. The Bertz CT molecular complexity index is 1040. The first-order chi connectivity index (χ1) is 16.3. The Morgan fingerprint density at radius 1 is 0.758 bits per heavy atom. The molecule has 0 aliphatic carbocycles. The van der Waals surface area contributed by atoms with Crippen LogP contribution in [0.15, 0.2) is 72.9 Å². The minimum Gasteiger partial charge on any atom is -0.369 e. The van der Waals surface area contributed by atoms with Gasteiger partial charge >= 0.3 is 0 Å². The molecule has 0 bridgehead atoms. The van der Waals surface area contributed by atoms with Gasteiger partial charge in [0.15, 0.2) is 0 Å². The Hall–Kier alpha value is -3.05. The number of fused-ring (bicyclic) bond motifs is 1. The quantitative estimate of drug-likeness (QED) is 0.551. The van der Waals surface area contributed by atoms with Crippen LogP contribution in [0.25, 0.3) is 0 Å². The molecule has 2 aromatic carbocycles. The zero-order valence-electron chi connectivity index (χ0n) is 19.4. The molecule has 5 nitrogen and oxygen atoms in total. The lowest BCUT2D eigenvalue weighted by molar-refractivity contribution is 0.0752. The van der Waals surface area contributed by atoms with Crippen molar-refractivity contribution in [3.63, 3.8) is 0 Å². The van der Waals surface area contributed by atoms with E-state index in [1.54, 1.807) is 0 Å². The fourth-order valence-electron chi connectivity index (χ4n) is 5.18. The lowest BCUT2D eigenvalue weighted by Gasteiger charge is -2.36. The predicted octanol–water partition coefficient (Wildman–Crippen LogP) is 4.14. The minimum atomic E-state index is 0.211. The number of nitrogens with zero attached hydrogens (tertiary/aromatic N) is 4. The zero-order valence-corrected chi connectivity index (χ0v) is 19.4. The molecule has 0 atom stereocenters. The number of hydrogen-bond acceptors (Lipinski definition) is 3. The molecule has 0 spiro atoms. The molecule has 5 heteroatoms. The van der Waals surface area contributed by atoms with Crippen molar-refractivity contribution < 1.29 is 4.79 Å². The van der Waals surface area contributed by atoms with Crippen molar-refractivity contribution in [1.29, 1.82) is 0 Å². The minimum absolute atomic E-state index is 0.211. The van der Waals surface area contributed by atoms with Crippen LogP contribution in [-0.2, 0) is 13.0 Å². The normalized spacial score (nSPS) is 17.2. The van der Waals surface area contributed by atoms with Crippen molar-refractivity contribution in [3.05, 3.63) is 89.7 Å². The monoisotopic (exact) mass is 442 g/mol. The molecule has 0 unspecified atom stereocenters. The van der Waals surface area contributed by atoms with Gasteiger partial charge in [0, 0.05) is 63.4 Å². The summed E-state index contributed by atoms with van der Waals surface area (Å²) >= 11 is 0. The van der Waals surface area contributed by atoms with Gasteiger partial charge in [-0.2, -0.15) is 0 Å². The summed E-state index contributed by atoms with van der Waals surface area (Å²) in [7, 11) is 0. The number of carbonyl (C=O) groups is 1. The molecular formula is C28H34N4O. The summed E-state index contributed by atoms with van der Waals surface area (Å²) < 4.78 is 2.26. The van der Waals surface area contributed by atoms with Crippen molar-refractivity contribution >= 4 is 11.6 Å². The van der Waals surface area contributed by atoms with E-state index in [-0.39, 0.29) is 5.91 Å². The molecule has 0 saturated carbocycles. The summed E-state index contributed by atoms with van der Waals surface area (Å²) in [5, 5.41) is 0. The molecule has 2 aliphatic rings. The van der Waals surface area contributed by atoms with E-state index in [9.17, 15) is 4.79 Å². The van der Waals surface area contributed by atoms with Crippen molar-refractivity contribution in [1.82, 2.24) is 14.4 Å². The molecule has 1 fully saturated rings. The van der Waals surface area contributed by atoms with Crippen LogP contribution < -0.4 is 4.90 Å². The average Bonchev–Trinajstić information content (AvgIpc) is 3.19. The molecule has 3 heterocycles. The van der Waals surface area contributed by atoms with E-state index in [1.165, 1.54) is 16.9 Å². The molecule has 1 aromatic heterocycles. The zero-order chi connectivity index (χ0) is 22.5. The van der Waals surface area contributed by atoms with Crippen LogP contribution >= 0.6 is 0 Å². The predicted molar refractivity (Wildman–Crippen MR) is 134 cm³/mol. The van der Waals surface area contributed by atoms with Crippen LogP contribution in [0.2, 0.25) is 0 Å². The number of benzene rings is 2. The largest absolute Gasteiger partial charge is 0.369 e. The van der Waals surface area contributed by atoms with Crippen LogP contribution in [0, 0.1) is 0 Å². The molecular weight excluding hydrogens is 408 g/mol. The van der Waals surface area contributed by atoms with Gasteiger partial charge in [0.2, 0.25) is 0 Å². The Morgan fingerprint density at radius 2 is 1.48 bits per heavy atom. The van der Waals surface area contributed by atoms with E-state index in [0.717, 1.165) is 77.2 Å². The van der Waals surface area contributed by atoms with Gasteiger partial charge in [0.05, 0.1) is 5.56 Å². The van der Waals surface area contributed by atoms with Crippen LogP contribution in [0.5, 0.6) is 0 Å². The number of carbonyl (C=O) groups excluding carboxylic acids is 1. The van der Waals surface area contributed by atoms with E-state index in [0.29, 0.717) is 0 Å². The van der Waals surface area contributed by atoms with Crippen molar-refractivity contribution in [2.45, 2.75) is 25.8 Å². The maximum absolute atomic E-state index is 13.3. The SMILES string of the molecule is O=C1c2ccn(Cc3ccccc3)c2CCCN1CCCN1CCN(c2ccccc2)CC1. The summed E-state index contributed by atoms with van der Waals surface area (Å²) in [5.74, 6) is 0.211. The Balaban J connectivity index is 1.12. The fourth-order valence-corrected chi connectivity index (χ4v) is 5.18. The first kappa shape index (κ1) is 21.8. The van der Waals surface area contributed by atoms with E-state index in [4.69, 9.17) is 0 Å². The van der Waals surface area contributed by atoms with E-state index in [2.05, 4.69) is 80.1 Å². The molecule has 33 heavy (non-hydrogen) atoms. The van der Waals surface area contributed by atoms with E-state index in [1.807, 2.05) is 12.1 Å². The highest BCUT2D eigenvalue weighted by atomic mass is 16.2. The maximum Gasteiger partial charge on any atom is 0.255 e. The van der Waals surface area contributed by atoms with Gasteiger partial charge in [-0.05, 0) is 49.6 Å². The standard InChI is InChI=1S/C28H34N4O/c33-28-26-14-18-32(23-24-9-3-1-4-10-24)27(26)13-7-16-31(28)17-8-15-29-19-21-30(22-20-29)25-11-5-2-6-12-25/h1-6,9-12,14,18H,7-8,13,15-17,19-23H2. The molecule has 0 N–H and O–H groups in total. The van der Waals surface area contributed by atoms with E-state index < -0.39 is 0 Å². The van der Waals surface area contributed by atoms with Crippen molar-refractivity contribution in [3.8, 4) is 0 Å². The molecule has 3 aromatic rings. The molecule has 5 rings (SSSR count). The number of para-hydroxylation sites is 1. The van der Waals surface area contributed by atoms with Crippen molar-refractivity contribution in [2.75, 3.05) is 50.7 Å². The number of piperazine rings is 1. The number of anilines is 1. The van der Waals surface area contributed by atoms with Gasteiger partial charge in [0.1, 0.15) is 0 Å². The molecule has 172 valence electrons. The Labute approximate surface area is 197 Å². The summed E-state index contributed by atoms with van der Waals surface area (Å²) in [6.45, 7) is 7.94. The average molecular weight is 443 g/mol. The third kappa shape index (κ3) is 5.14. The van der Waals surface area contributed by atoms with Crippen LogP contribution in [-0.4, -0.2) is 66.1 Å². The van der Waals surface area contributed by atoms with Crippen LogP contribution in [0.3, 0.4) is 0 Å². The molecule has 1 saturated heterocycles. The summed E-state index contributed by atoms with van der Waals surface area (Å²) in [5.41, 5.74) is 4.70. The summed E-state index contributed by atoms with van der Waals surface area (Å²) in [4.78, 5) is 20.4. The number of amides is 1. The third-order valence-corrected chi connectivity index (χ3v) is 7.03. The molecule has 0 radical (unpaired) electrons. The van der Waals surface area contributed by atoms with Gasteiger partial charge in [-0.3, -0.25) is 9.69 Å². The second-order valence-electron chi connectivity index (χ2n) is 9.20. The lowest BCUT2D eigenvalue weighted by atomic mass is 10.1. The van der Waals surface area contributed by atoms with E-state index >= 15 is 0 Å².